The molecule has 1 amide bonds. The van der Waals surface area contributed by atoms with Gasteiger partial charge in [-0.15, -0.1) is 11.8 Å². The lowest BCUT2D eigenvalue weighted by molar-refractivity contribution is -0.137. The summed E-state index contributed by atoms with van der Waals surface area (Å²) >= 11 is 1.76. The summed E-state index contributed by atoms with van der Waals surface area (Å²) in [7, 11) is 0. The SMILES string of the molecule is CC(CSc1ccccc1)C(=O)N1CCNC[C@H]1C. The molecule has 0 spiro atoms. The Morgan fingerprint density at radius 1 is 1.47 bits per heavy atom. The van der Waals surface area contributed by atoms with Gasteiger partial charge in [0.2, 0.25) is 5.91 Å². The first-order chi connectivity index (χ1) is 9.18. The molecular formula is C15H22N2OS. The standard InChI is InChI=1S/C15H22N2OS/c1-12(11-19-14-6-4-3-5-7-14)15(18)17-9-8-16-10-13(17)2/h3-7,12-13,16H,8-11H2,1-2H3/t12?,13-/m1/s1. The van der Waals surface area contributed by atoms with Crippen molar-refractivity contribution in [3.05, 3.63) is 30.3 Å². The Balaban J connectivity index is 1.85. The van der Waals surface area contributed by atoms with Crippen LogP contribution < -0.4 is 5.32 Å². The summed E-state index contributed by atoms with van der Waals surface area (Å²) in [6.45, 7) is 6.80. The number of hydrogen-bond donors (Lipinski definition) is 1. The largest absolute Gasteiger partial charge is 0.337 e. The van der Waals surface area contributed by atoms with E-state index in [0.29, 0.717) is 6.04 Å². The Bertz CT molecular complexity index is 410. The minimum absolute atomic E-state index is 0.0748. The number of carbonyl (C=O) groups excluding carboxylic acids is 1. The van der Waals surface area contributed by atoms with Gasteiger partial charge in [0.05, 0.1) is 0 Å². The molecule has 1 fully saturated rings. The second kappa shape index (κ2) is 6.96. The summed E-state index contributed by atoms with van der Waals surface area (Å²) < 4.78 is 0. The van der Waals surface area contributed by atoms with Crippen LogP contribution in [0.4, 0.5) is 0 Å². The van der Waals surface area contributed by atoms with Gasteiger partial charge in [-0.05, 0) is 19.1 Å². The van der Waals surface area contributed by atoms with Crippen LogP contribution in [0.3, 0.4) is 0 Å². The van der Waals surface area contributed by atoms with E-state index in [1.165, 1.54) is 4.90 Å². The van der Waals surface area contributed by atoms with E-state index in [1.807, 2.05) is 30.0 Å². The zero-order valence-corrected chi connectivity index (χ0v) is 12.5. The molecule has 0 radical (unpaired) electrons. The van der Waals surface area contributed by atoms with Crippen LogP contribution in [-0.2, 0) is 4.79 Å². The number of piperazine rings is 1. The topological polar surface area (TPSA) is 32.3 Å². The van der Waals surface area contributed by atoms with E-state index < -0.39 is 0 Å². The normalized spacial score (nSPS) is 21.2. The lowest BCUT2D eigenvalue weighted by Gasteiger charge is -2.35. The summed E-state index contributed by atoms with van der Waals surface area (Å²) in [6.07, 6.45) is 0. The van der Waals surface area contributed by atoms with Crippen molar-refractivity contribution in [1.82, 2.24) is 10.2 Å². The van der Waals surface area contributed by atoms with Crippen molar-refractivity contribution < 1.29 is 4.79 Å². The van der Waals surface area contributed by atoms with Crippen LogP contribution in [0.2, 0.25) is 0 Å². The molecule has 4 heteroatoms. The van der Waals surface area contributed by atoms with Gasteiger partial charge < -0.3 is 10.2 Å². The molecular weight excluding hydrogens is 256 g/mol. The average molecular weight is 278 g/mol. The highest BCUT2D eigenvalue weighted by molar-refractivity contribution is 7.99. The van der Waals surface area contributed by atoms with Crippen LogP contribution in [0.1, 0.15) is 13.8 Å². The maximum Gasteiger partial charge on any atom is 0.226 e. The molecule has 0 bridgehead atoms. The Morgan fingerprint density at radius 2 is 2.21 bits per heavy atom. The van der Waals surface area contributed by atoms with Crippen molar-refractivity contribution in [2.24, 2.45) is 5.92 Å². The number of benzene rings is 1. The lowest BCUT2D eigenvalue weighted by atomic mass is 10.1. The van der Waals surface area contributed by atoms with Gasteiger partial charge in [-0.3, -0.25) is 4.79 Å². The van der Waals surface area contributed by atoms with Crippen molar-refractivity contribution in [2.75, 3.05) is 25.4 Å². The van der Waals surface area contributed by atoms with Gasteiger partial charge in [0.25, 0.3) is 0 Å². The van der Waals surface area contributed by atoms with Gasteiger partial charge in [0.1, 0.15) is 0 Å². The van der Waals surface area contributed by atoms with Crippen LogP contribution in [0.5, 0.6) is 0 Å². The molecule has 1 aromatic rings. The molecule has 19 heavy (non-hydrogen) atoms. The number of rotatable bonds is 4. The van der Waals surface area contributed by atoms with E-state index in [0.717, 1.165) is 25.4 Å². The molecule has 0 saturated carbocycles. The fraction of sp³-hybridized carbons (Fsp3) is 0.533. The maximum absolute atomic E-state index is 12.4. The summed E-state index contributed by atoms with van der Waals surface area (Å²) in [5.41, 5.74) is 0. The first-order valence-electron chi connectivity index (χ1n) is 6.87. The minimum Gasteiger partial charge on any atom is -0.337 e. The summed E-state index contributed by atoms with van der Waals surface area (Å²) in [6, 6.07) is 10.6. The minimum atomic E-state index is 0.0748. The van der Waals surface area contributed by atoms with Gasteiger partial charge in [-0.25, -0.2) is 0 Å². The lowest BCUT2D eigenvalue weighted by Crippen LogP contribution is -2.53. The number of amides is 1. The van der Waals surface area contributed by atoms with E-state index in [1.54, 1.807) is 11.8 Å². The van der Waals surface area contributed by atoms with Crippen molar-refractivity contribution in [3.8, 4) is 0 Å². The molecule has 1 aliphatic rings. The molecule has 1 heterocycles. The van der Waals surface area contributed by atoms with Crippen molar-refractivity contribution in [3.63, 3.8) is 0 Å². The van der Waals surface area contributed by atoms with Gasteiger partial charge in [0.15, 0.2) is 0 Å². The third-order valence-electron chi connectivity index (χ3n) is 3.45. The monoisotopic (exact) mass is 278 g/mol. The van der Waals surface area contributed by atoms with Crippen molar-refractivity contribution >= 4 is 17.7 Å². The molecule has 1 saturated heterocycles. The second-order valence-corrected chi connectivity index (χ2v) is 6.20. The Kier molecular flexibility index (Phi) is 5.28. The van der Waals surface area contributed by atoms with Gasteiger partial charge in [-0.2, -0.15) is 0 Å². The first-order valence-corrected chi connectivity index (χ1v) is 7.86. The van der Waals surface area contributed by atoms with E-state index in [4.69, 9.17) is 0 Å². The number of nitrogens with zero attached hydrogens (tertiary/aromatic N) is 1. The number of hydrogen-bond acceptors (Lipinski definition) is 3. The van der Waals surface area contributed by atoms with E-state index in [-0.39, 0.29) is 11.8 Å². The molecule has 1 unspecified atom stereocenters. The van der Waals surface area contributed by atoms with Crippen LogP contribution in [0.15, 0.2) is 35.2 Å². The molecule has 0 aromatic heterocycles. The van der Waals surface area contributed by atoms with Crippen molar-refractivity contribution in [2.45, 2.75) is 24.8 Å². The van der Waals surface area contributed by atoms with Crippen molar-refractivity contribution in [1.29, 1.82) is 0 Å². The Morgan fingerprint density at radius 3 is 2.89 bits per heavy atom. The molecule has 3 nitrogen and oxygen atoms in total. The highest BCUT2D eigenvalue weighted by atomic mass is 32.2. The van der Waals surface area contributed by atoms with Gasteiger partial charge in [-0.1, -0.05) is 25.1 Å². The third-order valence-corrected chi connectivity index (χ3v) is 4.72. The summed E-state index contributed by atoms with van der Waals surface area (Å²) in [5.74, 6) is 1.21. The molecule has 104 valence electrons. The Labute approximate surface area is 119 Å². The molecule has 0 aliphatic carbocycles. The molecule has 1 aromatic carbocycles. The third kappa shape index (κ3) is 3.98. The van der Waals surface area contributed by atoms with Crippen LogP contribution >= 0.6 is 11.8 Å². The predicted molar refractivity (Wildman–Crippen MR) is 80.4 cm³/mol. The predicted octanol–water partition coefficient (Wildman–Crippen LogP) is 2.24. The number of thioether (sulfide) groups is 1. The quantitative estimate of drug-likeness (QED) is 0.857. The fourth-order valence-electron chi connectivity index (χ4n) is 2.26. The Hall–Kier alpha value is -1.00. The second-order valence-electron chi connectivity index (χ2n) is 5.11. The van der Waals surface area contributed by atoms with Crippen LogP contribution in [-0.4, -0.2) is 42.2 Å². The molecule has 2 atom stereocenters. The highest BCUT2D eigenvalue weighted by Gasteiger charge is 2.26. The van der Waals surface area contributed by atoms with Crippen LogP contribution in [0, 0.1) is 5.92 Å². The summed E-state index contributed by atoms with van der Waals surface area (Å²) in [4.78, 5) is 15.7. The van der Waals surface area contributed by atoms with Gasteiger partial charge >= 0.3 is 0 Å². The number of carbonyl (C=O) groups is 1. The molecule has 1 aliphatic heterocycles. The first kappa shape index (κ1) is 14.4. The smallest absolute Gasteiger partial charge is 0.226 e. The van der Waals surface area contributed by atoms with Crippen LogP contribution in [0.25, 0.3) is 0 Å². The highest BCUT2D eigenvalue weighted by Crippen LogP contribution is 2.21. The van der Waals surface area contributed by atoms with E-state index in [9.17, 15) is 4.79 Å². The molecule has 1 N–H and O–H groups in total. The van der Waals surface area contributed by atoms with E-state index in [2.05, 4.69) is 24.4 Å². The zero-order valence-electron chi connectivity index (χ0n) is 11.6. The number of nitrogens with one attached hydrogen (secondary N) is 1. The van der Waals surface area contributed by atoms with E-state index >= 15 is 0 Å². The van der Waals surface area contributed by atoms with Gasteiger partial charge in [0, 0.05) is 42.2 Å². The average Bonchev–Trinajstić information content (AvgIpc) is 2.45. The molecule has 2 rings (SSSR count). The summed E-state index contributed by atoms with van der Waals surface area (Å²) in [5, 5.41) is 3.32. The zero-order chi connectivity index (χ0) is 13.7. The maximum atomic E-state index is 12.4. The fourth-order valence-corrected chi connectivity index (χ4v) is 3.20.